The molecule has 10 nitrogen and oxygen atoms in total. The summed E-state index contributed by atoms with van der Waals surface area (Å²) >= 11 is 0. The second-order valence-electron chi connectivity index (χ2n) is 7.24. The van der Waals surface area contributed by atoms with Crippen molar-refractivity contribution in [2.75, 3.05) is 39.9 Å². The molecule has 1 aliphatic rings. The number of hydrogen-bond donors (Lipinski definition) is 1. The van der Waals surface area contributed by atoms with E-state index in [9.17, 15) is 4.79 Å². The van der Waals surface area contributed by atoms with Crippen molar-refractivity contribution in [2.24, 2.45) is 12.0 Å². The van der Waals surface area contributed by atoms with E-state index in [4.69, 9.17) is 14.5 Å². The summed E-state index contributed by atoms with van der Waals surface area (Å²) in [6.45, 7) is 7.68. The van der Waals surface area contributed by atoms with E-state index in [2.05, 4.69) is 20.4 Å². The molecule has 2 aromatic rings. The first-order chi connectivity index (χ1) is 15.0. The van der Waals surface area contributed by atoms with Gasteiger partial charge in [-0.1, -0.05) is 12.1 Å². The number of aliphatic imine (C=N–C) groups is 1. The van der Waals surface area contributed by atoms with Crippen LogP contribution in [0.1, 0.15) is 24.1 Å². The number of carbonyl (C=O) groups excluding carboxylic acids is 1. The number of amides is 1. The van der Waals surface area contributed by atoms with Crippen molar-refractivity contribution in [3.8, 4) is 5.75 Å². The smallest absolute Gasteiger partial charge is 0.409 e. The number of benzene rings is 1. The van der Waals surface area contributed by atoms with Gasteiger partial charge in [0.05, 0.1) is 26.8 Å². The summed E-state index contributed by atoms with van der Waals surface area (Å²) in [7, 11) is 3.60. The summed E-state index contributed by atoms with van der Waals surface area (Å²) in [5.74, 6) is 3.29. The molecule has 2 heterocycles. The number of aromatic nitrogens is 3. The quantitative estimate of drug-likeness (QED) is 0.550. The number of aryl methyl sites for hydroxylation is 1. The maximum absolute atomic E-state index is 12.0. The molecular formula is C21H31N7O3. The number of rotatable bonds is 6. The van der Waals surface area contributed by atoms with Crippen molar-refractivity contribution >= 4 is 12.1 Å². The Balaban J connectivity index is 1.69. The molecular weight excluding hydrogens is 398 g/mol. The number of hydrogen-bond acceptors (Lipinski definition) is 6. The van der Waals surface area contributed by atoms with Crippen LogP contribution < -0.4 is 10.1 Å². The minimum Gasteiger partial charge on any atom is -0.497 e. The van der Waals surface area contributed by atoms with Gasteiger partial charge < -0.3 is 29.2 Å². The SMILES string of the molecule is CCOC(=O)N1CCN(C(=NCc2ccc(OC)cc2)NCc2nnc(C)n2C)CC1. The number of guanidine groups is 1. The van der Waals surface area contributed by atoms with Gasteiger partial charge in [0.2, 0.25) is 0 Å². The van der Waals surface area contributed by atoms with Crippen molar-refractivity contribution in [2.45, 2.75) is 26.9 Å². The van der Waals surface area contributed by atoms with E-state index < -0.39 is 0 Å². The first-order valence-corrected chi connectivity index (χ1v) is 10.4. The topological polar surface area (TPSA) is 97.1 Å². The second kappa shape index (κ2) is 10.6. The zero-order chi connectivity index (χ0) is 22.2. The number of carbonyl (C=O) groups is 1. The van der Waals surface area contributed by atoms with Crippen molar-refractivity contribution in [1.29, 1.82) is 0 Å². The van der Waals surface area contributed by atoms with Gasteiger partial charge in [-0.05, 0) is 31.5 Å². The van der Waals surface area contributed by atoms with Crippen LogP contribution in [0, 0.1) is 6.92 Å². The van der Waals surface area contributed by atoms with Gasteiger partial charge in [-0.3, -0.25) is 0 Å². The number of methoxy groups -OCH3 is 1. The van der Waals surface area contributed by atoms with Gasteiger partial charge in [-0.15, -0.1) is 10.2 Å². The molecule has 0 aliphatic carbocycles. The lowest BCUT2D eigenvalue weighted by atomic mass is 10.2. The van der Waals surface area contributed by atoms with Crippen LogP contribution in [0.4, 0.5) is 4.79 Å². The van der Waals surface area contributed by atoms with Gasteiger partial charge in [-0.25, -0.2) is 9.79 Å². The molecule has 1 N–H and O–H groups in total. The largest absolute Gasteiger partial charge is 0.497 e. The fraction of sp³-hybridized carbons (Fsp3) is 0.524. The molecule has 0 radical (unpaired) electrons. The lowest BCUT2D eigenvalue weighted by Gasteiger charge is -2.36. The van der Waals surface area contributed by atoms with Gasteiger partial charge in [0.25, 0.3) is 0 Å². The van der Waals surface area contributed by atoms with Crippen LogP contribution in [0.25, 0.3) is 0 Å². The predicted molar refractivity (Wildman–Crippen MR) is 117 cm³/mol. The van der Waals surface area contributed by atoms with Crippen LogP contribution in [0.3, 0.4) is 0 Å². The number of nitrogens with zero attached hydrogens (tertiary/aromatic N) is 6. The van der Waals surface area contributed by atoms with Gasteiger partial charge in [-0.2, -0.15) is 0 Å². The molecule has 3 rings (SSSR count). The van der Waals surface area contributed by atoms with Gasteiger partial charge in [0, 0.05) is 33.2 Å². The number of nitrogens with one attached hydrogen (secondary N) is 1. The Labute approximate surface area is 182 Å². The van der Waals surface area contributed by atoms with Crippen molar-refractivity contribution in [1.82, 2.24) is 29.9 Å². The third-order valence-corrected chi connectivity index (χ3v) is 5.26. The van der Waals surface area contributed by atoms with E-state index in [0.717, 1.165) is 28.9 Å². The lowest BCUT2D eigenvalue weighted by molar-refractivity contribution is 0.0914. The van der Waals surface area contributed by atoms with Gasteiger partial charge in [0.15, 0.2) is 11.8 Å². The molecule has 31 heavy (non-hydrogen) atoms. The Kier molecular flexibility index (Phi) is 7.69. The van der Waals surface area contributed by atoms with Crippen LogP contribution in [-0.4, -0.2) is 76.5 Å². The molecule has 1 aromatic carbocycles. The van der Waals surface area contributed by atoms with Gasteiger partial charge in [0.1, 0.15) is 11.6 Å². The third kappa shape index (κ3) is 5.87. The fourth-order valence-corrected chi connectivity index (χ4v) is 3.24. The molecule has 1 aromatic heterocycles. The molecule has 0 spiro atoms. The average molecular weight is 430 g/mol. The first-order valence-electron chi connectivity index (χ1n) is 10.4. The monoisotopic (exact) mass is 429 g/mol. The van der Waals surface area contributed by atoms with Crippen LogP contribution in [0.15, 0.2) is 29.3 Å². The molecule has 168 valence electrons. The zero-order valence-corrected chi connectivity index (χ0v) is 18.7. The summed E-state index contributed by atoms with van der Waals surface area (Å²) in [6, 6.07) is 7.87. The third-order valence-electron chi connectivity index (χ3n) is 5.26. The van der Waals surface area contributed by atoms with E-state index >= 15 is 0 Å². The maximum Gasteiger partial charge on any atom is 0.409 e. The van der Waals surface area contributed by atoms with E-state index in [-0.39, 0.29) is 6.09 Å². The Morgan fingerprint density at radius 3 is 2.39 bits per heavy atom. The van der Waals surface area contributed by atoms with E-state index in [1.54, 1.807) is 12.0 Å². The highest BCUT2D eigenvalue weighted by atomic mass is 16.6. The highest BCUT2D eigenvalue weighted by molar-refractivity contribution is 5.80. The van der Waals surface area contributed by atoms with E-state index in [0.29, 0.717) is 45.9 Å². The molecule has 1 amide bonds. The summed E-state index contributed by atoms with van der Waals surface area (Å²) in [4.78, 5) is 20.7. The van der Waals surface area contributed by atoms with E-state index in [1.165, 1.54) is 0 Å². The van der Waals surface area contributed by atoms with Crippen molar-refractivity contribution in [3.05, 3.63) is 41.5 Å². The van der Waals surface area contributed by atoms with Crippen LogP contribution in [0.5, 0.6) is 5.75 Å². The minimum absolute atomic E-state index is 0.263. The molecule has 1 fully saturated rings. The van der Waals surface area contributed by atoms with Crippen molar-refractivity contribution < 1.29 is 14.3 Å². The van der Waals surface area contributed by atoms with Crippen LogP contribution in [-0.2, 0) is 24.9 Å². The molecule has 10 heteroatoms. The summed E-state index contributed by atoms with van der Waals surface area (Å²) < 4.78 is 12.3. The average Bonchev–Trinajstić information content (AvgIpc) is 3.12. The molecule has 1 aliphatic heterocycles. The maximum atomic E-state index is 12.0. The Morgan fingerprint density at radius 2 is 1.81 bits per heavy atom. The molecule has 0 unspecified atom stereocenters. The van der Waals surface area contributed by atoms with Crippen molar-refractivity contribution in [3.63, 3.8) is 0 Å². The standard InChI is InChI=1S/C21H31N7O3/c1-5-31-21(29)28-12-10-27(11-13-28)20(23-15-19-25-24-16(2)26(19)3)22-14-17-6-8-18(30-4)9-7-17/h6-9H,5,10-15H2,1-4H3,(H,22,23). The predicted octanol–water partition coefficient (Wildman–Crippen LogP) is 1.55. The number of piperazine rings is 1. The Morgan fingerprint density at radius 1 is 1.13 bits per heavy atom. The van der Waals surface area contributed by atoms with E-state index in [1.807, 2.05) is 49.7 Å². The first kappa shape index (κ1) is 22.4. The van der Waals surface area contributed by atoms with Crippen LogP contribution >= 0.6 is 0 Å². The molecule has 0 atom stereocenters. The summed E-state index contributed by atoms with van der Waals surface area (Å²) in [6.07, 6.45) is -0.263. The van der Waals surface area contributed by atoms with Crippen LogP contribution in [0.2, 0.25) is 0 Å². The Bertz CT molecular complexity index is 887. The minimum atomic E-state index is -0.263. The molecule has 0 saturated carbocycles. The summed E-state index contributed by atoms with van der Waals surface area (Å²) in [5.41, 5.74) is 1.08. The van der Waals surface area contributed by atoms with Gasteiger partial charge >= 0.3 is 6.09 Å². The Hall–Kier alpha value is -3.30. The summed E-state index contributed by atoms with van der Waals surface area (Å²) in [5, 5.41) is 11.7. The second-order valence-corrected chi connectivity index (χ2v) is 7.24. The number of ether oxygens (including phenoxy) is 2. The normalized spacial score (nSPS) is 14.5. The molecule has 1 saturated heterocycles. The fourth-order valence-electron chi connectivity index (χ4n) is 3.24. The highest BCUT2D eigenvalue weighted by Crippen LogP contribution is 2.12. The lowest BCUT2D eigenvalue weighted by Crippen LogP contribution is -2.53. The highest BCUT2D eigenvalue weighted by Gasteiger charge is 2.24. The molecule has 0 bridgehead atoms. The zero-order valence-electron chi connectivity index (χ0n) is 18.7.